The van der Waals surface area contributed by atoms with E-state index in [1.807, 2.05) is 0 Å². The molecule has 0 aliphatic heterocycles. The van der Waals surface area contributed by atoms with Gasteiger partial charge in [0.1, 0.15) is 11.6 Å². The summed E-state index contributed by atoms with van der Waals surface area (Å²) >= 11 is 0. The molecule has 0 radical (unpaired) electrons. The molecule has 0 aliphatic carbocycles. The van der Waals surface area contributed by atoms with Crippen LogP contribution in [0.1, 0.15) is 31.8 Å². The minimum atomic E-state index is -0.442. The molecule has 0 saturated carbocycles. The van der Waals surface area contributed by atoms with Gasteiger partial charge in [0.25, 0.3) is 11.8 Å². The fraction of sp³-hybridized carbons (Fsp3) is 0. The van der Waals surface area contributed by atoms with Crippen LogP contribution in [0.5, 0.6) is 0 Å². The summed E-state index contributed by atoms with van der Waals surface area (Å²) in [6.07, 6.45) is 0. The Labute approximate surface area is 183 Å². The molecule has 0 fully saturated rings. The molecule has 0 saturated heterocycles. The van der Waals surface area contributed by atoms with Crippen LogP contribution >= 0.6 is 0 Å². The number of nitrogens with one attached hydrogen (secondary N) is 4. The van der Waals surface area contributed by atoms with Crippen molar-refractivity contribution in [1.82, 2.24) is 21.7 Å². The Morgan fingerprint density at radius 3 is 1.09 bits per heavy atom. The molecule has 3 rings (SSSR count). The molecule has 6 nitrogen and oxygen atoms in total. The third-order valence-corrected chi connectivity index (χ3v) is 4.45. The van der Waals surface area contributed by atoms with E-state index in [1.165, 1.54) is 72.8 Å². The molecule has 0 spiro atoms. The van der Waals surface area contributed by atoms with Crippen molar-refractivity contribution in [1.29, 1.82) is 0 Å². The maximum Gasteiger partial charge on any atom is 0.269 e. The SMILES string of the molecule is C=C(NNC(=O)c1ccc(C(=O)NNC(=C)c2ccc(F)cc2)cc1)c1ccc(F)cc1. The van der Waals surface area contributed by atoms with Crippen LogP contribution in [0.2, 0.25) is 0 Å². The summed E-state index contributed by atoms with van der Waals surface area (Å²) < 4.78 is 26.0. The molecule has 0 atom stereocenters. The van der Waals surface area contributed by atoms with Crippen LogP contribution in [0, 0.1) is 11.6 Å². The fourth-order valence-electron chi connectivity index (χ4n) is 2.63. The summed E-state index contributed by atoms with van der Waals surface area (Å²) in [4.78, 5) is 24.6. The molecule has 4 N–H and O–H groups in total. The first-order chi connectivity index (χ1) is 15.3. The Balaban J connectivity index is 1.51. The number of halogens is 2. The monoisotopic (exact) mass is 434 g/mol. The van der Waals surface area contributed by atoms with Gasteiger partial charge in [0.2, 0.25) is 0 Å². The van der Waals surface area contributed by atoms with E-state index in [2.05, 4.69) is 34.9 Å². The van der Waals surface area contributed by atoms with Crippen molar-refractivity contribution in [3.63, 3.8) is 0 Å². The lowest BCUT2D eigenvalue weighted by Crippen LogP contribution is -2.36. The third-order valence-electron chi connectivity index (χ3n) is 4.45. The predicted molar refractivity (Wildman–Crippen MR) is 119 cm³/mol. The van der Waals surface area contributed by atoms with E-state index < -0.39 is 11.8 Å². The Morgan fingerprint density at radius 1 is 0.500 bits per heavy atom. The summed E-state index contributed by atoms with van der Waals surface area (Å²) in [5.74, 6) is -1.62. The minimum absolute atomic E-state index is 0.310. The summed E-state index contributed by atoms with van der Waals surface area (Å²) in [6, 6.07) is 17.2. The van der Waals surface area contributed by atoms with Crippen LogP contribution in [0.25, 0.3) is 11.4 Å². The van der Waals surface area contributed by atoms with Crippen LogP contribution < -0.4 is 21.7 Å². The van der Waals surface area contributed by atoms with Crippen molar-refractivity contribution in [3.8, 4) is 0 Å². The first kappa shape index (κ1) is 22.2. The molecule has 0 heterocycles. The molecule has 0 unspecified atom stereocenters. The lowest BCUT2D eigenvalue weighted by Gasteiger charge is -2.12. The number of carbonyl (C=O) groups excluding carboxylic acids is 2. The summed E-state index contributed by atoms with van der Waals surface area (Å²) in [5.41, 5.74) is 13.0. The Morgan fingerprint density at radius 2 is 0.781 bits per heavy atom. The largest absolute Gasteiger partial charge is 0.298 e. The highest BCUT2D eigenvalue weighted by molar-refractivity contribution is 5.98. The first-order valence-corrected chi connectivity index (χ1v) is 9.46. The lowest BCUT2D eigenvalue weighted by molar-refractivity contribution is 0.0931. The number of rotatable bonds is 8. The first-order valence-electron chi connectivity index (χ1n) is 9.46. The fourth-order valence-corrected chi connectivity index (χ4v) is 2.63. The van der Waals surface area contributed by atoms with Gasteiger partial charge >= 0.3 is 0 Å². The predicted octanol–water partition coefficient (Wildman–Crippen LogP) is 3.78. The Hall–Kier alpha value is -4.46. The molecule has 2 amide bonds. The van der Waals surface area contributed by atoms with E-state index in [1.54, 1.807) is 0 Å². The average Bonchev–Trinajstić information content (AvgIpc) is 2.81. The zero-order chi connectivity index (χ0) is 23.1. The van der Waals surface area contributed by atoms with Gasteiger partial charge in [0.05, 0.1) is 11.4 Å². The molecular weight excluding hydrogens is 414 g/mol. The van der Waals surface area contributed by atoms with E-state index >= 15 is 0 Å². The maximum absolute atomic E-state index is 13.0. The molecule has 0 aliphatic rings. The molecule has 32 heavy (non-hydrogen) atoms. The topological polar surface area (TPSA) is 82.3 Å². The maximum atomic E-state index is 13.0. The molecule has 0 bridgehead atoms. The van der Waals surface area contributed by atoms with Crippen molar-refractivity contribution in [3.05, 3.63) is 120 Å². The molecule has 0 aromatic heterocycles. The zero-order valence-corrected chi connectivity index (χ0v) is 16.9. The molecule has 8 heteroatoms. The highest BCUT2D eigenvalue weighted by Crippen LogP contribution is 2.11. The second-order valence-electron chi connectivity index (χ2n) is 6.71. The number of carbonyl (C=O) groups is 2. The van der Waals surface area contributed by atoms with Crippen LogP contribution in [0.4, 0.5) is 8.78 Å². The average molecular weight is 434 g/mol. The van der Waals surface area contributed by atoms with Crippen molar-refractivity contribution in [2.75, 3.05) is 0 Å². The Bertz CT molecular complexity index is 1050. The van der Waals surface area contributed by atoms with Gasteiger partial charge in [-0.15, -0.1) is 0 Å². The number of hydrogen-bond donors (Lipinski definition) is 4. The van der Waals surface area contributed by atoms with E-state index in [4.69, 9.17) is 0 Å². The minimum Gasteiger partial charge on any atom is -0.298 e. The number of hydrazine groups is 2. The molecule has 3 aromatic rings. The highest BCUT2D eigenvalue weighted by atomic mass is 19.1. The number of amides is 2. The standard InChI is InChI=1S/C24H20F2N4O2/c1-15(17-7-11-21(25)12-8-17)27-29-23(31)19-3-5-20(6-4-19)24(32)30-28-16(2)18-9-13-22(26)14-10-18/h3-14,27-28H,1-2H2,(H,29,31)(H,30,32). The second kappa shape index (κ2) is 10.0. The van der Waals surface area contributed by atoms with Gasteiger partial charge < -0.3 is 0 Å². The van der Waals surface area contributed by atoms with Gasteiger partial charge in [-0.25, -0.2) is 8.78 Å². The van der Waals surface area contributed by atoms with Crippen LogP contribution in [-0.2, 0) is 0 Å². The van der Waals surface area contributed by atoms with Gasteiger partial charge in [0.15, 0.2) is 0 Å². The van der Waals surface area contributed by atoms with Crippen molar-refractivity contribution < 1.29 is 18.4 Å². The van der Waals surface area contributed by atoms with E-state index in [0.29, 0.717) is 33.6 Å². The van der Waals surface area contributed by atoms with E-state index in [0.717, 1.165) is 0 Å². The third kappa shape index (κ3) is 5.79. The van der Waals surface area contributed by atoms with Crippen molar-refractivity contribution in [2.45, 2.75) is 0 Å². The lowest BCUT2D eigenvalue weighted by atomic mass is 10.1. The van der Waals surface area contributed by atoms with E-state index in [-0.39, 0.29) is 11.6 Å². The van der Waals surface area contributed by atoms with Crippen LogP contribution in [0.15, 0.2) is 86.0 Å². The van der Waals surface area contributed by atoms with Crippen LogP contribution in [-0.4, -0.2) is 11.8 Å². The smallest absolute Gasteiger partial charge is 0.269 e. The zero-order valence-electron chi connectivity index (χ0n) is 16.9. The second-order valence-corrected chi connectivity index (χ2v) is 6.71. The van der Waals surface area contributed by atoms with Gasteiger partial charge in [0, 0.05) is 11.1 Å². The van der Waals surface area contributed by atoms with Gasteiger partial charge in [-0.1, -0.05) is 13.2 Å². The summed E-state index contributed by atoms with van der Waals surface area (Å²) in [6.45, 7) is 7.57. The van der Waals surface area contributed by atoms with Gasteiger partial charge in [-0.3, -0.25) is 31.3 Å². The van der Waals surface area contributed by atoms with Crippen molar-refractivity contribution >= 4 is 23.2 Å². The van der Waals surface area contributed by atoms with Crippen molar-refractivity contribution in [2.24, 2.45) is 0 Å². The number of benzene rings is 3. The summed E-state index contributed by atoms with van der Waals surface area (Å²) in [7, 11) is 0. The van der Waals surface area contributed by atoms with Gasteiger partial charge in [-0.05, 0) is 83.9 Å². The highest BCUT2D eigenvalue weighted by Gasteiger charge is 2.10. The van der Waals surface area contributed by atoms with Crippen LogP contribution in [0.3, 0.4) is 0 Å². The Kier molecular flexibility index (Phi) is 6.97. The van der Waals surface area contributed by atoms with E-state index in [9.17, 15) is 18.4 Å². The molecule has 3 aromatic carbocycles. The normalized spacial score (nSPS) is 10.1. The molecular formula is C24H20F2N4O2. The number of hydrogen-bond acceptors (Lipinski definition) is 4. The molecule has 162 valence electrons. The van der Waals surface area contributed by atoms with Gasteiger partial charge in [-0.2, -0.15) is 0 Å². The quantitative estimate of drug-likeness (QED) is 0.407. The summed E-state index contributed by atoms with van der Waals surface area (Å²) in [5, 5.41) is 0.